The fraction of sp³-hybridized carbons (Fsp3) is 0. The van der Waals surface area contributed by atoms with E-state index < -0.39 is 0 Å². The molecule has 56 valence electrons. The van der Waals surface area contributed by atoms with Gasteiger partial charge in [0.1, 0.15) is 11.3 Å². The number of aromatic hydroxyl groups is 1. The third kappa shape index (κ3) is 0.706. The molecule has 0 saturated carbocycles. The lowest BCUT2D eigenvalue weighted by Gasteiger charge is -1.91. The van der Waals surface area contributed by atoms with E-state index in [2.05, 4.69) is 10.3 Å². The second kappa shape index (κ2) is 1.85. The molecule has 0 atom stereocenters. The first-order valence-corrected chi connectivity index (χ1v) is 3.07. The van der Waals surface area contributed by atoms with Crippen molar-refractivity contribution in [3.05, 3.63) is 18.2 Å². The molecule has 1 aromatic carbocycles. The van der Waals surface area contributed by atoms with Gasteiger partial charge in [0.15, 0.2) is 5.52 Å². The maximum atomic E-state index is 9.21. The Morgan fingerprint density at radius 1 is 1.45 bits per heavy atom. The summed E-state index contributed by atoms with van der Waals surface area (Å²) in [5.41, 5.74) is 1.04. The summed E-state index contributed by atoms with van der Waals surface area (Å²) in [6.07, 6.45) is 0. The zero-order valence-electron chi connectivity index (χ0n) is 5.60. The summed E-state index contributed by atoms with van der Waals surface area (Å²) in [6.45, 7) is 0. The monoisotopic (exact) mass is 150 g/mol. The van der Waals surface area contributed by atoms with E-state index in [4.69, 9.17) is 5.84 Å². The lowest BCUT2D eigenvalue weighted by atomic mass is 10.3. The SMILES string of the molecule is Nn1nnc2c(O)cccc21. The molecule has 2 rings (SSSR count). The predicted molar refractivity (Wildman–Crippen MR) is 39.3 cm³/mol. The average molecular weight is 150 g/mol. The lowest BCUT2D eigenvalue weighted by molar-refractivity contribution is 0.480. The largest absolute Gasteiger partial charge is 0.506 e. The second-order valence-electron chi connectivity index (χ2n) is 2.18. The van der Waals surface area contributed by atoms with Gasteiger partial charge in [-0.1, -0.05) is 6.07 Å². The smallest absolute Gasteiger partial charge is 0.157 e. The molecule has 0 fully saturated rings. The first kappa shape index (κ1) is 5.96. The summed E-state index contributed by atoms with van der Waals surface area (Å²) < 4.78 is 0. The quantitative estimate of drug-likeness (QED) is 0.512. The number of phenols is 1. The predicted octanol–water partition coefficient (Wildman–Crippen LogP) is -0.149. The molecule has 0 aliphatic heterocycles. The van der Waals surface area contributed by atoms with Crippen molar-refractivity contribution >= 4 is 11.0 Å². The molecule has 3 N–H and O–H groups in total. The highest BCUT2D eigenvalue weighted by Gasteiger charge is 2.04. The Labute approximate surface area is 62.0 Å². The van der Waals surface area contributed by atoms with Crippen molar-refractivity contribution in [3.63, 3.8) is 0 Å². The van der Waals surface area contributed by atoms with Crippen molar-refractivity contribution in [1.29, 1.82) is 0 Å². The first-order valence-electron chi connectivity index (χ1n) is 3.07. The van der Waals surface area contributed by atoms with Crippen LogP contribution in [0.3, 0.4) is 0 Å². The van der Waals surface area contributed by atoms with Crippen molar-refractivity contribution in [2.24, 2.45) is 0 Å². The number of nitrogens with zero attached hydrogens (tertiary/aromatic N) is 3. The van der Waals surface area contributed by atoms with E-state index in [0.29, 0.717) is 11.0 Å². The van der Waals surface area contributed by atoms with Crippen molar-refractivity contribution in [2.75, 3.05) is 5.84 Å². The zero-order chi connectivity index (χ0) is 7.84. The second-order valence-corrected chi connectivity index (χ2v) is 2.18. The van der Waals surface area contributed by atoms with Crippen LogP contribution >= 0.6 is 0 Å². The molecule has 11 heavy (non-hydrogen) atoms. The van der Waals surface area contributed by atoms with Gasteiger partial charge in [-0.3, -0.25) is 0 Å². The van der Waals surface area contributed by atoms with Gasteiger partial charge < -0.3 is 10.9 Å². The van der Waals surface area contributed by atoms with Crippen LogP contribution in [0.2, 0.25) is 0 Å². The number of rotatable bonds is 0. The highest BCUT2D eigenvalue weighted by molar-refractivity contribution is 5.80. The van der Waals surface area contributed by atoms with E-state index in [-0.39, 0.29) is 5.75 Å². The highest BCUT2D eigenvalue weighted by Crippen LogP contribution is 2.19. The van der Waals surface area contributed by atoms with Crippen LogP contribution in [0.25, 0.3) is 11.0 Å². The van der Waals surface area contributed by atoms with Gasteiger partial charge in [0.2, 0.25) is 0 Å². The summed E-state index contributed by atoms with van der Waals surface area (Å²) in [5.74, 6) is 5.47. The molecule has 0 aliphatic rings. The molecule has 1 heterocycles. The summed E-state index contributed by atoms with van der Waals surface area (Å²) >= 11 is 0. The van der Waals surface area contributed by atoms with Crippen LogP contribution in [0.4, 0.5) is 0 Å². The third-order valence-corrected chi connectivity index (χ3v) is 1.48. The van der Waals surface area contributed by atoms with E-state index >= 15 is 0 Å². The molecule has 0 saturated heterocycles. The summed E-state index contributed by atoms with van der Waals surface area (Å²) in [7, 11) is 0. The molecule has 2 aromatic rings. The molecular formula is C6H6N4O. The molecule has 0 radical (unpaired) electrons. The van der Waals surface area contributed by atoms with Crippen LogP contribution in [0, 0.1) is 0 Å². The molecule has 0 bridgehead atoms. The van der Waals surface area contributed by atoms with Crippen LogP contribution in [0.5, 0.6) is 5.75 Å². The maximum absolute atomic E-state index is 9.21. The van der Waals surface area contributed by atoms with Gasteiger partial charge in [0.25, 0.3) is 0 Å². The Bertz CT molecular complexity index is 394. The Hall–Kier alpha value is -1.78. The van der Waals surface area contributed by atoms with Crippen molar-refractivity contribution in [3.8, 4) is 5.75 Å². The third-order valence-electron chi connectivity index (χ3n) is 1.48. The number of nitrogens with two attached hydrogens (primary N) is 1. The molecular weight excluding hydrogens is 144 g/mol. The number of phenolic OH excluding ortho intramolecular Hbond substituents is 1. The number of hydrogen-bond donors (Lipinski definition) is 2. The Kier molecular flexibility index (Phi) is 1.00. The summed E-state index contributed by atoms with van der Waals surface area (Å²) in [6, 6.07) is 4.95. The molecule has 0 aliphatic carbocycles. The standard InChI is InChI=1S/C6H6N4O/c7-10-4-2-1-3-5(11)6(4)8-9-10/h1-3,11H,7H2. The van der Waals surface area contributed by atoms with Crippen LogP contribution in [0.1, 0.15) is 0 Å². The van der Waals surface area contributed by atoms with Gasteiger partial charge in [-0.05, 0) is 17.3 Å². The molecule has 0 spiro atoms. The maximum Gasteiger partial charge on any atom is 0.157 e. The minimum atomic E-state index is 0.0965. The number of nitrogen functional groups attached to an aromatic ring is 1. The molecule has 0 unspecified atom stereocenters. The first-order chi connectivity index (χ1) is 5.29. The Balaban J connectivity index is 2.94. The molecule has 1 aromatic heterocycles. The zero-order valence-corrected chi connectivity index (χ0v) is 5.60. The summed E-state index contributed by atoms with van der Waals surface area (Å²) in [4.78, 5) is 1.12. The van der Waals surface area contributed by atoms with Gasteiger partial charge in [-0.25, -0.2) is 0 Å². The van der Waals surface area contributed by atoms with Crippen LogP contribution < -0.4 is 5.84 Å². The Morgan fingerprint density at radius 2 is 2.27 bits per heavy atom. The number of benzene rings is 1. The number of aromatic nitrogens is 3. The van der Waals surface area contributed by atoms with E-state index in [0.717, 1.165) is 4.79 Å². The van der Waals surface area contributed by atoms with Crippen LogP contribution in [0.15, 0.2) is 18.2 Å². The van der Waals surface area contributed by atoms with Crippen molar-refractivity contribution in [2.45, 2.75) is 0 Å². The lowest BCUT2D eigenvalue weighted by Crippen LogP contribution is -2.09. The van der Waals surface area contributed by atoms with Gasteiger partial charge in [-0.2, -0.15) is 4.79 Å². The van der Waals surface area contributed by atoms with Gasteiger partial charge >= 0.3 is 0 Å². The fourth-order valence-corrected chi connectivity index (χ4v) is 0.948. The minimum Gasteiger partial charge on any atom is -0.506 e. The van der Waals surface area contributed by atoms with Gasteiger partial charge in [-0.15, -0.1) is 5.10 Å². The molecule has 0 amide bonds. The molecule has 5 heteroatoms. The molecule has 5 nitrogen and oxygen atoms in total. The van der Waals surface area contributed by atoms with Crippen molar-refractivity contribution in [1.82, 2.24) is 15.1 Å². The number of fused-ring (bicyclic) bond motifs is 1. The summed E-state index contributed by atoms with van der Waals surface area (Å²) in [5, 5.41) is 16.4. The van der Waals surface area contributed by atoms with Crippen LogP contribution in [-0.4, -0.2) is 20.2 Å². The topological polar surface area (TPSA) is 77.0 Å². The van der Waals surface area contributed by atoms with E-state index in [1.54, 1.807) is 12.1 Å². The number of hydrogen-bond acceptors (Lipinski definition) is 4. The van der Waals surface area contributed by atoms with E-state index in [1.165, 1.54) is 6.07 Å². The fourth-order valence-electron chi connectivity index (χ4n) is 0.948. The van der Waals surface area contributed by atoms with Gasteiger partial charge in [0, 0.05) is 0 Å². The minimum absolute atomic E-state index is 0.0965. The highest BCUT2D eigenvalue weighted by atomic mass is 16.3. The average Bonchev–Trinajstić information content (AvgIpc) is 2.35. The van der Waals surface area contributed by atoms with Gasteiger partial charge in [0.05, 0.1) is 0 Å². The van der Waals surface area contributed by atoms with E-state index in [1.807, 2.05) is 0 Å². The van der Waals surface area contributed by atoms with E-state index in [9.17, 15) is 5.11 Å². The normalized spacial score (nSPS) is 10.5. The Morgan fingerprint density at radius 3 is 3.00 bits per heavy atom. The van der Waals surface area contributed by atoms with Crippen molar-refractivity contribution < 1.29 is 5.11 Å². The van der Waals surface area contributed by atoms with Crippen LogP contribution in [-0.2, 0) is 0 Å².